The fraction of sp³-hybridized carbons (Fsp3) is 0.385. The topological polar surface area (TPSA) is 54.4 Å². The van der Waals surface area contributed by atoms with Gasteiger partial charge in [-0.1, -0.05) is 29.6 Å². The summed E-state index contributed by atoms with van der Waals surface area (Å²) >= 11 is 11.6. The van der Waals surface area contributed by atoms with Crippen LogP contribution in [-0.2, 0) is 4.79 Å². The van der Waals surface area contributed by atoms with Gasteiger partial charge in [0.05, 0.1) is 16.0 Å². The lowest BCUT2D eigenvalue weighted by Crippen LogP contribution is -2.25. The average molecular weight is 287 g/mol. The molecule has 0 bridgehead atoms. The molecule has 0 aliphatic heterocycles. The van der Waals surface area contributed by atoms with Crippen LogP contribution >= 0.6 is 23.2 Å². The van der Waals surface area contributed by atoms with Gasteiger partial charge >= 0.3 is 5.97 Å². The zero-order valence-electron chi connectivity index (χ0n) is 9.53. The van der Waals surface area contributed by atoms with Crippen molar-refractivity contribution < 1.29 is 14.7 Å². The van der Waals surface area contributed by atoms with E-state index in [-0.39, 0.29) is 5.78 Å². The summed E-state index contributed by atoms with van der Waals surface area (Å²) < 4.78 is 0. The predicted molar refractivity (Wildman–Crippen MR) is 69.3 cm³/mol. The number of hydrogen-bond donors (Lipinski definition) is 1. The van der Waals surface area contributed by atoms with Crippen molar-refractivity contribution in [3.05, 3.63) is 33.8 Å². The fourth-order valence-corrected chi connectivity index (χ4v) is 2.73. The number of carboxylic acids is 1. The number of carboxylic acid groups (broad SMARTS) is 1. The Morgan fingerprint density at radius 1 is 1.11 bits per heavy atom. The average Bonchev–Trinajstić information content (AvgIpc) is 2.81. The fourth-order valence-electron chi connectivity index (χ4n) is 2.43. The van der Waals surface area contributed by atoms with Crippen molar-refractivity contribution in [3.63, 3.8) is 0 Å². The molecule has 0 amide bonds. The maximum absolute atomic E-state index is 12.3. The summed E-state index contributed by atoms with van der Waals surface area (Å²) in [6.45, 7) is 0. The highest BCUT2D eigenvalue weighted by Crippen LogP contribution is 2.35. The molecule has 1 N–H and O–H groups in total. The molecule has 2 atom stereocenters. The minimum absolute atomic E-state index is 0.154. The Balaban J connectivity index is 2.25. The first-order valence-corrected chi connectivity index (χ1v) is 6.48. The van der Waals surface area contributed by atoms with Gasteiger partial charge in [0.2, 0.25) is 0 Å². The number of halogens is 2. The number of benzene rings is 1. The summed E-state index contributed by atoms with van der Waals surface area (Å²) in [7, 11) is 0. The molecule has 18 heavy (non-hydrogen) atoms. The number of rotatable bonds is 3. The Bertz CT molecular complexity index is 499. The molecule has 3 nitrogen and oxygen atoms in total. The van der Waals surface area contributed by atoms with Gasteiger partial charge < -0.3 is 5.11 Å². The maximum Gasteiger partial charge on any atom is 0.307 e. The molecule has 1 aromatic rings. The Kier molecular flexibility index (Phi) is 3.93. The molecule has 1 aromatic carbocycles. The van der Waals surface area contributed by atoms with Gasteiger partial charge in [-0.05, 0) is 31.0 Å². The number of aliphatic carboxylic acids is 1. The first-order valence-electron chi connectivity index (χ1n) is 5.73. The lowest BCUT2D eigenvalue weighted by Gasteiger charge is -2.14. The first kappa shape index (κ1) is 13.4. The van der Waals surface area contributed by atoms with Crippen molar-refractivity contribution in [2.75, 3.05) is 0 Å². The summed E-state index contributed by atoms with van der Waals surface area (Å²) in [6.07, 6.45) is 1.96. The van der Waals surface area contributed by atoms with E-state index in [2.05, 4.69) is 0 Å². The SMILES string of the molecule is O=C(O)C1CCCC1C(=O)c1ccc(Cl)c(Cl)c1. The minimum Gasteiger partial charge on any atom is -0.481 e. The third kappa shape index (κ3) is 2.52. The standard InChI is InChI=1S/C13H12Cl2O3/c14-10-5-4-7(6-11(10)15)12(16)8-2-1-3-9(8)13(17)18/h4-6,8-9H,1-3H2,(H,17,18). The van der Waals surface area contributed by atoms with Gasteiger partial charge in [-0.25, -0.2) is 0 Å². The molecule has 0 heterocycles. The van der Waals surface area contributed by atoms with E-state index in [9.17, 15) is 9.59 Å². The number of hydrogen-bond acceptors (Lipinski definition) is 2. The molecule has 5 heteroatoms. The van der Waals surface area contributed by atoms with Crippen molar-refractivity contribution in [1.82, 2.24) is 0 Å². The van der Waals surface area contributed by atoms with Crippen molar-refractivity contribution in [3.8, 4) is 0 Å². The van der Waals surface area contributed by atoms with Crippen LogP contribution in [0.5, 0.6) is 0 Å². The number of ketones is 1. The molecule has 1 aliphatic rings. The van der Waals surface area contributed by atoms with Gasteiger partial charge in [-0.2, -0.15) is 0 Å². The Labute approximate surface area is 115 Å². The van der Waals surface area contributed by atoms with Crippen LogP contribution in [0.4, 0.5) is 0 Å². The molecule has 1 aliphatic carbocycles. The van der Waals surface area contributed by atoms with E-state index < -0.39 is 17.8 Å². The molecule has 0 saturated heterocycles. The zero-order valence-corrected chi connectivity index (χ0v) is 11.0. The van der Waals surface area contributed by atoms with Crippen molar-refractivity contribution in [2.24, 2.45) is 11.8 Å². The predicted octanol–water partition coefficient (Wildman–Crippen LogP) is 3.68. The largest absolute Gasteiger partial charge is 0.481 e. The maximum atomic E-state index is 12.3. The summed E-state index contributed by atoms with van der Waals surface area (Å²) in [5.41, 5.74) is 0.433. The highest BCUT2D eigenvalue weighted by Gasteiger charge is 2.37. The van der Waals surface area contributed by atoms with Crippen LogP contribution in [0.15, 0.2) is 18.2 Å². The van der Waals surface area contributed by atoms with Crippen LogP contribution in [0.2, 0.25) is 10.0 Å². The van der Waals surface area contributed by atoms with E-state index in [0.29, 0.717) is 28.5 Å². The van der Waals surface area contributed by atoms with E-state index in [1.165, 1.54) is 6.07 Å². The summed E-state index contributed by atoms with van der Waals surface area (Å²) in [5, 5.41) is 9.77. The van der Waals surface area contributed by atoms with E-state index in [4.69, 9.17) is 28.3 Å². The van der Waals surface area contributed by atoms with Crippen molar-refractivity contribution >= 4 is 35.0 Å². The first-order chi connectivity index (χ1) is 8.50. The van der Waals surface area contributed by atoms with Gasteiger partial charge in [0.25, 0.3) is 0 Å². The Morgan fingerprint density at radius 2 is 1.78 bits per heavy atom. The molecule has 0 radical (unpaired) electrons. The molecular formula is C13H12Cl2O3. The summed E-state index contributed by atoms with van der Waals surface area (Å²) in [6, 6.07) is 4.65. The highest BCUT2D eigenvalue weighted by atomic mass is 35.5. The van der Waals surface area contributed by atoms with Crippen LogP contribution in [0.25, 0.3) is 0 Å². The third-order valence-electron chi connectivity index (χ3n) is 3.37. The second kappa shape index (κ2) is 5.29. The van der Waals surface area contributed by atoms with E-state index in [1.54, 1.807) is 12.1 Å². The Hall–Kier alpha value is -1.06. The smallest absolute Gasteiger partial charge is 0.307 e. The quantitative estimate of drug-likeness (QED) is 0.863. The second-order valence-corrected chi connectivity index (χ2v) is 5.29. The molecule has 1 fully saturated rings. The molecule has 2 rings (SSSR count). The molecular weight excluding hydrogens is 275 g/mol. The van der Waals surface area contributed by atoms with Crippen LogP contribution in [0.1, 0.15) is 29.6 Å². The van der Waals surface area contributed by atoms with Gasteiger partial charge in [0.1, 0.15) is 0 Å². The summed E-state index contributed by atoms with van der Waals surface area (Å²) in [5.74, 6) is -2.07. The lowest BCUT2D eigenvalue weighted by molar-refractivity contribution is -0.142. The van der Waals surface area contributed by atoms with Crippen LogP contribution in [0.3, 0.4) is 0 Å². The number of carbonyl (C=O) groups excluding carboxylic acids is 1. The van der Waals surface area contributed by atoms with Crippen molar-refractivity contribution in [2.45, 2.75) is 19.3 Å². The van der Waals surface area contributed by atoms with Gasteiger partial charge in [0, 0.05) is 11.5 Å². The highest BCUT2D eigenvalue weighted by molar-refractivity contribution is 6.42. The zero-order chi connectivity index (χ0) is 13.3. The molecule has 0 spiro atoms. The molecule has 2 unspecified atom stereocenters. The molecule has 96 valence electrons. The van der Waals surface area contributed by atoms with Crippen LogP contribution in [-0.4, -0.2) is 16.9 Å². The molecule has 1 saturated carbocycles. The third-order valence-corrected chi connectivity index (χ3v) is 4.11. The number of Topliss-reactive ketones (excluding diaryl/α,β-unsaturated/α-hetero) is 1. The Morgan fingerprint density at radius 3 is 2.39 bits per heavy atom. The van der Waals surface area contributed by atoms with E-state index >= 15 is 0 Å². The lowest BCUT2D eigenvalue weighted by atomic mass is 9.88. The van der Waals surface area contributed by atoms with Gasteiger partial charge in [-0.15, -0.1) is 0 Å². The van der Waals surface area contributed by atoms with E-state index in [0.717, 1.165) is 6.42 Å². The van der Waals surface area contributed by atoms with E-state index in [1.807, 2.05) is 0 Å². The summed E-state index contributed by atoms with van der Waals surface area (Å²) in [4.78, 5) is 23.3. The second-order valence-electron chi connectivity index (χ2n) is 4.48. The number of carbonyl (C=O) groups is 2. The van der Waals surface area contributed by atoms with Gasteiger partial charge in [0.15, 0.2) is 5.78 Å². The normalized spacial score (nSPS) is 23.0. The van der Waals surface area contributed by atoms with Crippen molar-refractivity contribution in [1.29, 1.82) is 0 Å². The minimum atomic E-state index is -0.897. The van der Waals surface area contributed by atoms with Crippen LogP contribution < -0.4 is 0 Å². The monoisotopic (exact) mass is 286 g/mol. The van der Waals surface area contributed by atoms with Gasteiger partial charge in [-0.3, -0.25) is 9.59 Å². The molecule has 0 aromatic heterocycles. The van der Waals surface area contributed by atoms with Crippen LogP contribution in [0, 0.1) is 11.8 Å².